The van der Waals surface area contributed by atoms with Crippen molar-refractivity contribution in [3.05, 3.63) is 59.4 Å². The highest BCUT2D eigenvalue weighted by Gasteiger charge is 2.19. The molecule has 3 nitrogen and oxygen atoms in total. The SMILES string of the molecule is Cc1ccc(F)cc1NS(=O)(=O)c1ccc(C2CCCCC2)cc1. The van der Waals surface area contributed by atoms with E-state index in [-0.39, 0.29) is 10.6 Å². The van der Waals surface area contributed by atoms with Crippen LogP contribution in [0.5, 0.6) is 0 Å². The summed E-state index contributed by atoms with van der Waals surface area (Å²) in [5.74, 6) is 0.0693. The van der Waals surface area contributed by atoms with E-state index in [1.165, 1.54) is 49.8 Å². The second kappa shape index (κ2) is 6.93. The van der Waals surface area contributed by atoms with Gasteiger partial charge in [-0.2, -0.15) is 0 Å². The summed E-state index contributed by atoms with van der Waals surface area (Å²) < 4.78 is 40.9. The summed E-state index contributed by atoms with van der Waals surface area (Å²) in [6.07, 6.45) is 6.12. The molecule has 1 fully saturated rings. The van der Waals surface area contributed by atoms with E-state index in [0.717, 1.165) is 0 Å². The third kappa shape index (κ3) is 3.78. The van der Waals surface area contributed by atoms with Crippen molar-refractivity contribution in [3.63, 3.8) is 0 Å². The second-order valence-electron chi connectivity index (χ2n) is 6.47. The molecule has 2 aromatic carbocycles. The summed E-state index contributed by atoms with van der Waals surface area (Å²) in [6.45, 7) is 1.74. The molecular formula is C19H22FNO2S. The van der Waals surface area contributed by atoms with Gasteiger partial charge in [0.1, 0.15) is 5.82 Å². The summed E-state index contributed by atoms with van der Waals surface area (Å²) in [5, 5.41) is 0. The Morgan fingerprint density at radius 1 is 1.00 bits per heavy atom. The smallest absolute Gasteiger partial charge is 0.261 e. The van der Waals surface area contributed by atoms with E-state index < -0.39 is 15.8 Å². The molecular weight excluding hydrogens is 325 g/mol. The van der Waals surface area contributed by atoms with Gasteiger partial charge in [0.2, 0.25) is 0 Å². The van der Waals surface area contributed by atoms with E-state index in [4.69, 9.17) is 0 Å². The number of hydrogen-bond acceptors (Lipinski definition) is 2. The first-order chi connectivity index (χ1) is 11.5. The number of aryl methyl sites for hydroxylation is 1. The Kier molecular flexibility index (Phi) is 4.90. The summed E-state index contributed by atoms with van der Waals surface area (Å²) in [6, 6.07) is 11.2. The highest BCUT2D eigenvalue weighted by Crippen LogP contribution is 2.33. The fraction of sp³-hybridized carbons (Fsp3) is 0.368. The minimum Gasteiger partial charge on any atom is -0.279 e. The van der Waals surface area contributed by atoms with E-state index in [1.54, 1.807) is 25.1 Å². The highest BCUT2D eigenvalue weighted by molar-refractivity contribution is 7.92. The normalized spacial score (nSPS) is 16.1. The largest absolute Gasteiger partial charge is 0.279 e. The minimum absolute atomic E-state index is 0.200. The van der Waals surface area contributed by atoms with Gasteiger partial charge in [-0.25, -0.2) is 12.8 Å². The first-order valence-electron chi connectivity index (χ1n) is 8.35. The standard InChI is InChI=1S/C19H22FNO2S/c1-14-7-10-17(20)13-19(14)21-24(22,23)18-11-8-16(9-12-18)15-5-3-2-4-6-15/h7-13,15,21H,2-6H2,1H3. The van der Waals surface area contributed by atoms with Gasteiger partial charge in [0.05, 0.1) is 10.6 Å². The molecule has 0 atom stereocenters. The Morgan fingerprint density at radius 3 is 2.33 bits per heavy atom. The molecule has 3 rings (SSSR count). The van der Waals surface area contributed by atoms with Crippen molar-refractivity contribution in [1.82, 2.24) is 0 Å². The van der Waals surface area contributed by atoms with Gasteiger partial charge in [-0.3, -0.25) is 4.72 Å². The van der Waals surface area contributed by atoms with Gasteiger partial charge < -0.3 is 0 Å². The number of rotatable bonds is 4. The zero-order valence-electron chi connectivity index (χ0n) is 13.8. The van der Waals surface area contributed by atoms with Crippen LogP contribution < -0.4 is 4.72 Å². The predicted octanol–water partition coefficient (Wildman–Crippen LogP) is 4.98. The lowest BCUT2D eigenvalue weighted by Crippen LogP contribution is -2.14. The molecule has 0 amide bonds. The molecule has 0 radical (unpaired) electrons. The van der Waals surface area contributed by atoms with Crippen LogP contribution in [-0.2, 0) is 10.0 Å². The van der Waals surface area contributed by atoms with Crippen LogP contribution >= 0.6 is 0 Å². The molecule has 0 bridgehead atoms. The molecule has 1 aliphatic rings. The van der Waals surface area contributed by atoms with E-state index in [1.807, 2.05) is 12.1 Å². The Bertz CT molecular complexity index is 810. The van der Waals surface area contributed by atoms with Gasteiger partial charge in [-0.05, 0) is 61.1 Å². The number of hydrogen-bond donors (Lipinski definition) is 1. The van der Waals surface area contributed by atoms with Crippen LogP contribution in [-0.4, -0.2) is 8.42 Å². The van der Waals surface area contributed by atoms with Crippen molar-refractivity contribution >= 4 is 15.7 Å². The van der Waals surface area contributed by atoms with Gasteiger partial charge in [0, 0.05) is 0 Å². The molecule has 0 unspecified atom stereocenters. The first kappa shape index (κ1) is 17.0. The number of nitrogens with one attached hydrogen (secondary N) is 1. The molecule has 0 aromatic heterocycles. The average Bonchev–Trinajstić information content (AvgIpc) is 2.59. The van der Waals surface area contributed by atoms with E-state index in [0.29, 0.717) is 11.5 Å². The third-order valence-corrected chi connectivity index (χ3v) is 6.09. The molecule has 0 heterocycles. The zero-order chi connectivity index (χ0) is 17.2. The molecule has 0 saturated heterocycles. The van der Waals surface area contributed by atoms with Gasteiger partial charge in [0.15, 0.2) is 0 Å². The number of anilines is 1. The lowest BCUT2D eigenvalue weighted by Gasteiger charge is -2.22. The molecule has 1 saturated carbocycles. The maximum Gasteiger partial charge on any atom is 0.261 e. The van der Waals surface area contributed by atoms with Crippen molar-refractivity contribution in [3.8, 4) is 0 Å². The number of halogens is 1. The number of sulfonamides is 1. The molecule has 1 N–H and O–H groups in total. The van der Waals surface area contributed by atoms with Crippen LogP contribution in [0.1, 0.15) is 49.1 Å². The molecule has 1 aliphatic carbocycles. The fourth-order valence-corrected chi connectivity index (χ4v) is 4.38. The van der Waals surface area contributed by atoms with E-state index in [9.17, 15) is 12.8 Å². The predicted molar refractivity (Wildman–Crippen MR) is 94.2 cm³/mol. The van der Waals surface area contributed by atoms with Gasteiger partial charge in [-0.1, -0.05) is 37.5 Å². The average molecular weight is 347 g/mol. The van der Waals surface area contributed by atoms with Crippen LogP contribution in [0, 0.1) is 12.7 Å². The minimum atomic E-state index is -3.72. The molecule has 0 aliphatic heterocycles. The highest BCUT2D eigenvalue weighted by atomic mass is 32.2. The Balaban J connectivity index is 1.80. The van der Waals surface area contributed by atoms with Crippen LogP contribution in [0.3, 0.4) is 0 Å². The maximum atomic E-state index is 13.3. The van der Waals surface area contributed by atoms with Crippen LogP contribution in [0.25, 0.3) is 0 Å². The summed E-state index contributed by atoms with van der Waals surface area (Å²) in [7, 11) is -3.72. The Morgan fingerprint density at radius 2 is 1.67 bits per heavy atom. The van der Waals surface area contributed by atoms with Crippen molar-refractivity contribution in [1.29, 1.82) is 0 Å². The van der Waals surface area contributed by atoms with Crippen molar-refractivity contribution in [2.24, 2.45) is 0 Å². The van der Waals surface area contributed by atoms with Crippen LogP contribution in [0.4, 0.5) is 10.1 Å². The van der Waals surface area contributed by atoms with Gasteiger partial charge >= 0.3 is 0 Å². The van der Waals surface area contributed by atoms with Crippen molar-refractivity contribution in [2.45, 2.75) is 49.8 Å². The number of benzene rings is 2. The van der Waals surface area contributed by atoms with Crippen LogP contribution in [0.2, 0.25) is 0 Å². The first-order valence-corrected chi connectivity index (χ1v) is 9.83. The third-order valence-electron chi connectivity index (χ3n) is 4.71. The second-order valence-corrected chi connectivity index (χ2v) is 8.15. The van der Waals surface area contributed by atoms with Gasteiger partial charge in [-0.15, -0.1) is 0 Å². The summed E-state index contributed by atoms with van der Waals surface area (Å²) >= 11 is 0. The molecule has 0 spiro atoms. The maximum absolute atomic E-state index is 13.3. The topological polar surface area (TPSA) is 46.2 Å². The summed E-state index contributed by atoms with van der Waals surface area (Å²) in [5.41, 5.74) is 2.15. The molecule has 24 heavy (non-hydrogen) atoms. The lowest BCUT2D eigenvalue weighted by molar-refractivity contribution is 0.443. The Labute approximate surface area is 143 Å². The van der Waals surface area contributed by atoms with E-state index in [2.05, 4.69) is 4.72 Å². The quantitative estimate of drug-likeness (QED) is 0.847. The Hall–Kier alpha value is -1.88. The monoisotopic (exact) mass is 347 g/mol. The fourth-order valence-electron chi connectivity index (χ4n) is 3.26. The van der Waals surface area contributed by atoms with E-state index >= 15 is 0 Å². The lowest BCUT2D eigenvalue weighted by atomic mass is 9.84. The summed E-state index contributed by atoms with van der Waals surface area (Å²) in [4.78, 5) is 0.200. The van der Waals surface area contributed by atoms with Crippen molar-refractivity contribution in [2.75, 3.05) is 4.72 Å². The molecule has 128 valence electrons. The van der Waals surface area contributed by atoms with Crippen LogP contribution in [0.15, 0.2) is 47.4 Å². The zero-order valence-corrected chi connectivity index (χ0v) is 14.6. The molecule has 5 heteroatoms. The van der Waals surface area contributed by atoms with Gasteiger partial charge in [0.25, 0.3) is 10.0 Å². The molecule has 2 aromatic rings. The van der Waals surface area contributed by atoms with Crippen molar-refractivity contribution < 1.29 is 12.8 Å².